The van der Waals surface area contributed by atoms with Crippen LogP contribution in [0.5, 0.6) is 0 Å². The molecule has 0 aromatic heterocycles. The lowest BCUT2D eigenvalue weighted by atomic mass is 9.89. The minimum atomic E-state index is -1.56. The smallest absolute Gasteiger partial charge is 0.270 e. The molecule has 0 saturated heterocycles. The van der Waals surface area contributed by atoms with Gasteiger partial charge in [0, 0.05) is 23.6 Å². The summed E-state index contributed by atoms with van der Waals surface area (Å²) in [5, 5.41) is 13.5. The summed E-state index contributed by atoms with van der Waals surface area (Å²) in [5.74, 6) is 0.0906. The number of amides is 1. The van der Waals surface area contributed by atoms with Crippen molar-refractivity contribution in [3.8, 4) is 0 Å². The van der Waals surface area contributed by atoms with Gasteiger partial charge in [0.15, 0.2) is 0 Å². The number of nitro benzene ring substituents is 1. The predicted octanol–water partition coefficient (Wildman–Crippen LogP) is 2.40. The summed E-state index contributed by atoms with van der Waals surface area (Å²) in [5.41, 5.74) is -0.117. The molecular formula is C15H20N2O4S. The van der Waals surface area contributed by atoms with E-state index in [2.05, 4.69) is 5.32 Å². The van der Waals surface area contributed by atoms with Crippen molar-refractivity contribution in [1.82, 2.24) is 5.32 Å². The highest BCUT2D eigenvalue weighted by Crippen LogP contribution is 2.22. The molecule has 1 saturated carbocycles. The van der Waals surface area contributed by atoms with Crippen molar-refractivity contribution in [2.45, 2.75) is 37.0 Å². The molecule has 0 aliphatic heterocycles. The Morgan fingerprint density at radius 3 is 2.73 bits per heavy atom. The van der Waals surface area contributed by atoms with E-state index in [0.29, 0.717) is 17.4 Å². The highest BCUT2D eigenvalue weighted by atomic mass is 32.2. The molecule has 7 heteroatoms. The van der Waals surface area contributed by atoms with Gasteiger partial charge in [-0.05, 0) is 24.8 Å². The second kappa shape index (κ2) is 8.03. The van der Waals surface area contributed by atoms with Crippen LogP contribution in [0.1, 0.15) is 32.1 Å². The number of hydrogen-bond acceptors (Lipinski definition) is 4. The predicted molar refractivity (Wildman–Crippen MR) is 84.0 cm³/mol. The number of rotatable bonds is 6. The van der Waals surface area contributed by atoms with Crippen molar-refractivity contribution in [3.05, 3.63) is 34.4 Å². The summed E-state index contributed by atoms with van der Waals surface area (Å²) >= 11 is 0. The Hall–Kier alpha value is -1.76. The topological polar surface area (TPSA) is 89.3 Å². The number of benzene rings is 1. The first kappa shape index (κ1) is 16.6. The molecule has 1 unspecified atom stereocenters. The van der Waals surface area contributed by atoms with Crippen molar-refractivity contribution < 1.29 is 13.9 Å². The van der Waals surface area contributed by atoms with E-state index in [1.54, 1.807) is 0 Å². The van der Waals surface area contributed by atoms with Crippen LogP contribution in [0.4, 0.5) is 5.69 Å². The van der Waals surface area contributed by atoms with Gasteiger partial charge in [-0.25, -0.2) is 0 Å². The van der Waals surface area contributed by atoms with Crippen molar-refractivity contribution in [2.24, 2.45) is 5.92 Å². The van der Waals surface area contributed by atoms with E-state index in [1.165, 1.54) is 43.5 Å². The van der Waals surface area contributed by atoms with Gasteiger partial charge in [0.2, 0.25) is 5.91 Å². The summed E-state index contributed by atoms with van der Waals surface area (Å²) in [4.78, 5) is 22.3. The highest BCUT2D eigenvalue weighted by molar-refractivity contribution is 7.85. The van der Waals surface area contributed by atoms with Gasteiger partial charge in [-0.3, -0.25) is 19.1 Å². The molecule has 1 aromatic rings. The summed E-state index contributed by atoms with van der Waals surface area (Å²) < 4.78 is 12.1. The maximum Gasteiger partial charge on any atom is 0.270 e. The molecule has 6 nitrogen and oxygen atoms in total. The van der Waals surface area contributed by atoms with Gasteiger partial charge < -0.3 is 5.32 Å². The quantitative estimate of drug-likeness (QED) is 0.643. The standard InChI is InChI=1S/C15H20N2O4S/c18-15(16-10-12-5-2-1-3-6-12)11-22(21)14-8-4-7-13(9-14)17(19)20/h4,7-9,12H,1-3,5-6,10-11H2,(H,16,18). The van der Waals surface area contributed by atoms with Crippen molar-refractivity contribution in [3.63, 3.8) is 0 Å². The Kier molecular flexibility index (Phi) is 6.06. The van der Waals surface area contributed by atoms with Crippen LogP contribution in [0.2, 0.25) is 0 Å². The Morgan fingerprint density at radius 2 is 2.05 bits per heavy atom. The van der Waals surface area contributed by atoms with Crippen LogP contribution < -0.4 is 5.32 Å². The number of nitrogens with one attached hydrogen (secondary N) is 1. The Labute approximate surface area is 131 Å². The number of carbonyl (C=O) groups excluding carboxylic acids is 1. The molecule has 1 atom stereocenters. The molecule has 1 aromatic carbocycles. The van der Waals surface area contributed by atoms with Crippen LogP contribution in [0, 0.1) is 16.0 Å². The first-order valence-corrected chi connectivity index (χ1v) is 8.77. The second-order valence-corrected chi connectivity index (χ2v) is 7.00. The third kappa shape index (κ3) is 4.91. The molecule has 0 heterocycles. The zero-order valence-electron chi connectivity index (χ0n) is 12.3. The van der Waals surface area contributed by atoms with E-state index in [-0.39, 0.29) is 17.3 Å². The molecule has 22 heavy (non-hydrogen) atoms. The van der Waals surface area contributed by atoms with Gasteiger partial charge in [-0.15, -0.1) is 0 Å². The lowest BCUT2D eigenvalue weighted by Crippen LogP contribution is -2.33. The lowest BCUT2D eigenvalue weighted by Gasteiger charge is -2.21. The molecule has 120 valence electrons. The van der Waals surface area contributed by atoms with Gasteiger partial charge >= 0.3 is 0 Å². The van der Waals surface area contributed by atoms with E-state index < -0.39 is 15.7 Å². The molecule has 1 fully saturated rings. The summed E-state index contributed by atoms with van der Waals surface area (Å²) in [6, 6.07) is 5.61. The summed E-state index contributed by atoms with van der Waals surface area (Å²) in [6.07, 6.45) is 5.95. The average Bonchev–Trinajstić information content (AvgIpc) is 2.54. The van der Waals surface area contributed by atoms with Crippen molar-refractivity contribution in [2.75, 3.05) is 12.3 Å². The van der Waals surface area contributed by atoms with Crippen LogP contribution in [-0.2, 0) is 15.6 Å². The highest BCUT2D eigenvalue weighted by Gasteiger charge is 2.17. The molecular weight excluding hydrogens is 304 g/mol. The number of hydrogen-bond donors (Lipinski definition) is 1. The zero-order chi connectivity index (χ0) is 15.9. The maximum absolute atomic E-state index is 12.1. The third-order valence-corrected chi connectivity index (χ3v) is 5.17. The Balaban J connectivity index is 1.84. The van der Waals surface area contributed by atoms with Gasteiger partial charge in [-0.1, -0.05) is 25.3 Å². The van der Waals surface area contributed by atoms with Crippen LogP contribution in [-0.4, -0.2) is 27.3 Å². The first-order valence-electron chi connectivity index (χ1n) is 7.46. The second-order valence-electron chi connectivity index (χ2n) is 5.55. The van der Waals surface area contributed by atoms with E-state index >= 15 is 0 Å². The Bertz CT molecular complexity index is 570. The molecule has 1 aliphatic carbocycles. The largest absolute Gasteiger partial charge is 0.355 e. The monoisotopic (exact) mass is 324 g/mol. The normalized spacial score (nSPS) is 16.9. The molecule has 1 aliphatic rings. The lowest BCUT2D eigenvalue weighted by molar-refractivity contribution is -0.385. The minimum Gasteiger partial charge on any atom is -0.355 e. The van der Waals surface area contributed by atoms with E-state index in [0.717, 1.165) is 12.8 Å². The van der Waals surface area contributed by atoms with E-state index in [4.69, 9.17) is 0 Å². The maximum atomic E-state index is 12.1. The fraction of sp³-hybridized carbons (Fsp3) is 0.533. The molecule has 1 N–H and O–H groups in total. The SMILES string of the molecule is O=C(CS(=O)c1cccc([N+](=O)[O-])c1)NCC1CCCCC1. The molecule has 0 radical (unpaired) electrons. The van der Waals surface area contributed by atoms with Crippen LogP contribution in [0.3, 0.4) is 0 Å². The molecule has 0 spiro atoms. The van der Waals surface area contributed by atoms with Crippen LogP contribution in [0.25, 0.3) is 0 Å². The summed E-state index contributed by atoms with van der Waals surface area (Å²) in [7, 11) is -1.56. The molecule has 1 amide bonds. The molecule has 0 bridgehead atoms. The van der Waals surface area contributed by atoms with Gasteiger partial charge in [0.1, 0.15) is 5.75 Å². The van der Waals surface area contributed by atoms with Gasteiger partial charge in [0.05, 0.1) is 15.7 Å². The van der Waals surface area contributed by atoms with Gasteiger partial charge in [-0.2, -0.15) is 0 Å². The van der Waals surface area contributed by atoms with Crippen LogP contribution >= 0.6 is 0 Å². The van der Waals surface area contributed by atoms with Gasteiger partial charge in [0.25, 0.3) is 5.69 Å². The summed E-state index contributed by atoms with van der Waals surface area (Å²) in [6.45, 7) is 0.630. The third-order valence-electron chi connectivity index (χ3n) is 3.87. The van der Waals surface area contributed by atoms with E-state index in [1.807, 2.05) is 0 Å². The van der Waals surface area contributed by atoms with Crippen molar-refractivity contribution >= 4 is 22.4 Å². The average molecular weight is 324 g/mol. The zero-order valence-corrected chi connectivity index (χ0v) is 13.1. The van der Waals surface area contributed by atoms with Crippen molar-refractivity contribution in [1.29, 1.82) is 0 Å². The van der Waals surface area contributed by atoms with Crippen LogP contribution in [0.15, 0.2) is 29.2 Å². The number of nitro groups is 1. The molecule has 2 rings (SSSR count). The first-order chi connectivity index (χ1) is 10.6. The number of non-ortho nitro benzene ring substituents is 1. The Morgan fingerprint density at radius 1 is 1.32 bits per heavy atom. The fourth-order valence-corrected chi connectivity index (χ4v) is 3.63. The minimum absolute atomic E-state index is 0.117. The number of carbonyl (C=O) groups is 1. The fourth-order valence-electron chi connectivity index (χ4n) is 2.64. The van der Waals surface area contributed by atoms with E-state index in [9.17, 15) is 19.1 Å². The number of nitrogens with zero attached hydrogens (tertiary/aromatic N) is 1.